The number of hydrogen-bond donors (Lipinski definition) is 1. The molecule has 1 aliphatic carbocycles. The molecule has 0 radical (unpaired) electrons. The second-order valence-corrected chi connectivity index (χ2v) is 6.26. The molecule has 0 atom stereocenters. The molecule has 1 N–H and O–H groups in total. The highest BCUT2D eigenvalue weighted by Crippen LogP contribution is 2.39. The molecule has 96 valence electrons. The molecule has 1 aromatic heterocycles. The van der Waals surface area contributed by atoms with E-state index < -0.39 is 0 Å². The number of rotatable bonds is 4. The Morgan fingerprint density at radius 2 is 2.06 bits per heavy atom. The molecule has 1 fully saturated rings. The van der Waals surface area contributed by atoms with Crippen LogP contribution in [0.25, 0.3) is 0 Å². The fourth-order valence-corrected chi connectivity index (χ4v) is 3.95. The van der Waals surface area contributed by atoms with E-state index in [0.29, 0.717) is 5.92 Å². The van der Waals surface area contributed by atoms with Crippen molar-refractivity contribution >= 4 is 11.3 Å². The maximum Gasteiger partial charge on any atom is 0.113 e. The van der Waals surface area contributed by atoms with Crippen molar-refractivity contribution in [1.29, 1.82) is 0 Å². The normalized spacial score (nSPS) is 19.8. The van der Waals surface area contributed by atoms with Crippen LogP contribution in [0.4, 0.5) is 0 Å². The van der Waals surface area contributed by atoms with Crippen LogP contribution in [0.2, 0.25) is 0 Å². The second-order valence-electron chi connectivity index (χ2n) is 5.41. The van der Waals surface area contributed by atoms with Crippen LogP contribution in [-0.4, -0.2) is 11.5 Å². The van der Waals surface area contributed by atoms with Crippen molar-refractivity contribution in [1.82, 2.24) is 10.3 Å². The first-order valence-electron chi connectivity index (χ1n) is 6.89. The zero-order valence-electron chi connectivity index (χ0n) is 11.3. The second kappa shape index (κ2) is 5.49. The Bertz CT molecular complexity index is 345. The predicted octanol–water partition coefficient (Wildman–Crippen LogP) is 4.04. The van der Waals surface area contributed by atoms with Crippen LogP contribution in [0.3, 0.4) is 0 Å². The van der Waals surface area contributed by atoms with Crippen molar-refractivity contribution in [3.63, 3.8) is 0 Å². The molecule has 0 bridgehead atoms. The van der Waals surface area contributed by atoms with E-state index in [1.165, 1.54) is 42.8 Å². The Morgan fingerprint density at radius 1 is 1.35 bits per heavy atom. The lowest BCUT2D eigenvalue weighted by Crippen LogP contribution is -2.43. The van der Waals surface area contributed by atoms with Gasteiger partial charge in [-0.2, -0.15) is 0 Å². The topological polar surface area (TPSA) is 24.9 Å². The lowest BCUT2D eigenvalue weighted by molar-refractivity contribution is 0.237. The highest BCUT2D eigenvalue weighted by Gasteiger charge is 2.35. The standard InChI is InChI=1S/C14H24N2S/c1-4-15-14(8-6-5-7-9-14)13-16-12(10-17-13)11(2)3/h10-11,15H,4-9H2,1-3H3. The van der Waals surface area contributed by atoms with Gasteiger partial charge in [0.15, 0.2) is 0 Å². The van der Waals surface area contributed by atoms with E-state index in [4.69, 9.17) is 4.98 Å². The summed E-state index contributed by atoms with van der Waals surface area (Å²) in [5.41, 5.74) is 1.44. The van der Waals surface area contributed by atoms with Gasteiger partial charge in [-0.1, -0.05) is 40.0 Å². The summed E-state index contributed by atoms with van der Waals surface area (Å²) in [5.74, 6) is 0.544. The molecule has 0 aromatic carbocycles. The van der Waals surface area contributed by atoms with Crippen LogP contribution in [0.5, 0.6) is 0 Å². The minimum Gasteiger partial charge on any atom is -0.306 e. The zero-order chi connectivity index (χ0) is 12.3. The number of nitrogens with zero attached hydrogens (tertiary/aromatic N) is 1. The summed E-state index contributed by atoms with van der Waals surface area (Å²) in [4.78, 5) is 4.88. The van der Waals surface area contributed by atoms with Crippen molar-refractivity contribution in [3.8, 4) is 0 Å². The largest absolute Gasteiger partial charge is 0.306 e. The third kappa shape index (κ3) is 2.71. The summed E-state index contributed by atoms with van der Waals surface area (Å²) < 4.78 is 0. The third-order valence-electron chi connectivity index (χ3n) is 3.75. The van der Waals surface area contributed by atoms with Crippen LogP contribution in [0, 0.1) is 0 Å². The van der Waals surface area contributed by atoms with Gasteiger partial charge in [0, 0.05) is 5.38 Å². The van der Waals surface area contributed by atoms with E-state index in [1.54, 1.807) is 0 Å². The summed E-state index contributed by atoms with van der Waals surface area (Å²) >= 11 is 1.85. The van der Waals surface area contributed by atoms with Gasteiger partial charge < -0.3 is 5.32 Å². The molecular formula is C14H24N2S. The third-order valence-corrected chi connectivity index (χ3v) is 4.81. The maximum absolute atomic E-state index is 4.88. The van der Waals surface area contributed by atoms with Crippen LogP contribution in [0.15, 0.2) is 5.38 Å². The average Bonchev–Trinajstić information content (AvgIpc) is 2.80. The molecule has 0 saturated heterocycles. The molecule has 0 aliphatic heterocycles. The first-order chi connectivity index (χ1) is 8.18. The first kappa shape index (κ1) is 13.0. The Balaban J connectivity index is 2.24. The van der Waals surface area contributed by atoms with Gasteiger partial charge in [0.25, 0.3) is 0 Å². The minimum atomic E-state index is 0.185. The van der Waals surface area contributed by atoms with Gasteiger partial charge in [-0.25, -0.2) is 4.98 Å². The van der Waals surface area contributed by atoms with Gasteiger partial charge in [-0.3, -0.25) is 0 Å². The molecule has 2 rings (SSSR count). The van der Waals surface area contributed by atoms with Gasteiger partial charge in [-0.05, 0) is 25.3 Å². The molecule has 0 amide bonds. The van der Waals surface area contributed by atoms with Gasteiger partial charge in [0.05, 0.1) is 11.2 Å². The number of aromatic nitrogens is 1. The summed E-state index contributed by atoms with van der Waals surface area (Å²) in [5, 5.41) is 7.28. The fraction of sp³-hybridized carbons (Fsp3) is 0.786. The zero-order valence-corrected chi connectivity index (χ0v) is 12.1. The van der Waals surface area contributed by atoms with Crippen LogP contribution < -0.4 is 5.32 Å². The summed E-state index contributed by atoms with van der Waals surface area (Å²) in [6, 6.07) is 0. The quantitative estimate of drug-likeness (QED) is 0.875. The van der Waals surface area contributed by atoms with Gasteiger partial charge >= 0.3 is 0 Å². The first-order valence-corrected chi connectivity index (χ1v) is 7.77. The van der Waals surface area contributed by atoms with Crippen molar-refractivity contribution in [2.24, 2.45) is 0 Å². The molecule has 0 spiro atoms. The van der Waals surface area contributed by atoms with E-state index in [1.807, 2.05) is 11.3 Å². The van der Waals surface area contributed by atoms with E-state index in [-0.39, 0.29) is 5.54 Å². The van der Waals surface area contributed by atoms with Gasteiger partial charge in [-0.15, -0.1) is 11.3 Å². The minimum absolute atomic E-state index is 0.185. The monoisotopic (exact) mass is 252 g/mol. The van der Waals surface area contributed by atoms with E-state index >= 15 is 0 Å². The lowest BCUT2D eigenvalue weighted by atomic mass is 9.82. The van der Waals surface area contributed by atoms with Crippen molar-refractivity contribution in [3.05, 3.63) is 16.1 Å². The Labute approximate surface area is 109 Å². The fourth-order valence-electron chi connectivity index (χ4n) is 2.73. The van der Waals surface area contributed by atoms with E-state index in [9.17, 15) is 0 Å². The van der Waals surface area contributed by atoms with Crippen molar-refractivity contribution < 1.29 is 0 Å². The smallest absolute Gasteiger partial charge is 0.113 e. The van der Waals surface area contributed by atoms with Crippen LogP contribution in [-0.2, 0) is 5.54 Å². The molecule has 17 heavy (non-hydrogen) atoms. The molecule has 2 nitrogen and oxygen atoms in total. The molecule has 1 saturated carbocycles. The summed E-state index contributed by atoms with van der Waals surface area (Å²) in [6.45, 7) is 7.68. The van der Waals surface area contributed by atoms with E-state index in [2.05, 4.69) is 31.5 Å². The molecule has 1 aliphatic rings. The molecule has 1 heterocycles. The van der Waals surface area contributed by atoms with Gasteiger partial charge in [0.1, 0.15) is 5.01 Å². The highest BCUT2D eigenvalue weighted by molar-refractivity contribution is 7.09. The summed E-state index contributed by atoms with van der Waals surface area (Å²) in [6.07, 6.45) is 6.57. The highest BCUT2D eigenvalue weighted by atomic mass is 32.1. The average molecular weight is 252 g/mol. The number of thiazole rings is 1. The SMILES string of the molecule is CCNC1(c2nc(C(C)C)cs2)CCCCC1. The molecule has 0 unspecified atom stereocenters. The Hall–Kier alpha value is -0.410. The van der Waals surface area contributed by atoms with Gasteiger partial charge in [0.2, 0.25) is 0 Å². The van der Waals surface area contributed by atoms with Crippen molar-refractivity contribution in [2.75, 3.05) is 6.54 Å². The maximum atomic E-state index is 4.88. The Morgan fingerprint density at radius 3 is 2.59 bits per heavy atom. The molecule has 3 heteroatoms. The molecule has 1 aromatic rings. The van der Waals surface area contributed by atoms with Crippen LogP contribution in [0.1, 0.15) is 69.5 Å². The number of hydrogen-bond acceptors (Lipinski definition) is 3. The Kier molecular flexibility index (Phi) is 4.21. The van der Waals surface area contributed by atoms with Crippen LogP contribution >= 0.6 is 11.3 Å². The number of nitrogens with one attached hydrogen (secondary N) is 1. The lowest BCUT2D eigenvalue weighted by Gasteiger charge is -2.36. The van der Waals surface area contributed by atoms with Crippen molar-refractivity contribution in [2.45, 2.75) is 64.3 Å². The predicted molar refractivity (Wildman–Crippen MR) is 74.6 cm³/mol. The summed E-state index contributed by atoms with van der Waals surface area (Å²) in [7, 11) is 0. The molecular weight excluding hydrogens is 228 g/mol. The van der Waals surface area contributed by atoms with E-state index in [0.717, 1.165) is 6.54 Å².